The SMILES string of the molecule is CCCCc1ccccc1C(C)Oc1nc(N)c2ncn([C@@H]3O[C@H](CO)[C@@H](O)[C@H]3O)c2n1. The first-order valence-electron chi connectivity index (χ1n) is 10.8. The van der Waals surface area contributed by atoms with Gasteiger partial charge in [0.05, 0.1) is 12.9 Å². The van der Waals surface area contributed by atoms with Crippen molar-refractivity contribution in [1.29, 1.82) is 0 Å². The van der Waals surface area contributed by atoms with Gasteiger partial charge in [-0.2, -0.15) is 9.97 Å². The number of benzene rings is 1. The van der Waals surface area contributed by atoms with Crippen molar-refractivity contribution < 1.29 is 24.8 Å². The first-order chi connectivity index (χ1) is 15.4. The Morgan fingerprint density at radius 3 is 2.72 bits per heavy atom. The highest BCUT2D eigenvalue weighted by atomic mass is 16.6. The van der Waals surface area contributed by atoms with Crippen LogP contribution in [0.1, 0.15) is 50.1 Å². The van der Waals surface area contributed by atoms with Crippen molar-refractivity contribution in [3.05, 3.63) is 41.7 Å². The molecule has 0 radical (unpaired) electrons. The predicted octanol–water partition coefficient (Wildman–Crippen LogP) is 1.50. The number of imidazole rings is 1. The molecule has 4 rings (SSSR count). The molecule has 1 fully saturated rings. The summed E-state index contributed by atoms with van der Waals surface area (Å²) < 4.78 is 13.1. The van der Waals surface area contributed by atoms with Gasteiger partial charge in [-0.05, 0) is 30.9 Å². The van der Waals surface area contributed by atoms with E-state index in [0.29, 0.717) is 11.2 Å². The zero-order chi connectivity index (χ0) is 22.8. The number of nitrogen functional groups attached to an aromatic ring is 1. The molecule has 172 valence electrons. The Balaban J connectivity index is 1.63. The van der Waals surface area contributed by atoms with Gasteiger partial charge in [0.1, 0.15) is 24.4 Å². The molecule has 0 aliphatic carbocycles. The Labute approximate surface area is 185 Å². The fourth-order valence-corrected chi connectivity index (χ4v) is 4.01. The van der Waals surface area contributed by atoms with Crippen molar-refractivity contribution in [2.75, 3.05) is 12.3 Å². The molecule has 3 heterocycles. The van der Waals surface area contributed by atoms with Gasteiger partial charge in [0, 0.05) is 0 Å². The first kappa shape index (κ1) is 22.4. The number of aliphatic hydroxyl groups is 3. The van der Waals surface area contributed by atoms with Crippen LogP contribution in [0.5, 0.6) is 6.01 Å². The summed E-state index contributed by atoms with van der Waals surface area (Å²) in [5.74, 6) is 0.127. The molecule has 2 aromatic heterocycles. The molecule has 1 unspecified atom stereocenters. The maximum absolute atomic E-state index is 10.4. The number of nitrogens with zero attached hydrogens (tertiary/aromatic N) is 4. The first-order valence-corrected chi connectivity index (χ1v) is 10.8. The summed E-state index contributed by atoms with van der Waals surface area (Å²) in [6.07, 6.45) is -0.169. The van der Waals surface area contributed by atoms with Crippen LogP contribution in [-0.4, -0.2) is 59.8 Å². The van der Waals surface area contributed by atoms with Crippen LogP contribution in [0.15, 0.2) is 30.6 Å². The van der Waals surface area contributed by atoms with E-state index in [1.807, 2.05) is 25.1 Å². The average Bonchev–Trinajstić information content (AvgIpc) is 3.33. The van der Waals surface area contributed by atoms with Crippen LogP contribution in [0.3, 0.4) is 0 Å². The van der Waals surface area contributed by atoms with Gasteiger partial charge in [0.2, 0.25) is 0 Å². The quantitative estimate of drug-likeness (QED) is 0.406. The zero-order valence-electron chi connectivity index (χ0n) is 18.1. The summed E-state index contributed by atoms with van der Waals surface area (Å²) >= 11 is 0. The normalized spacial score (nSPS) is 24.2. The number of hydrogen-bond acceptors (Lipinski definition) is 9. The van der Waals surface area contributed by atoms with E-state index in [9.17, 15) is 15.3 Å². The summed E-state index contributed by atoms with van der Waals surface area (Å²) in [6.45, 7) is 3.66. The molecule has 1 aromatic carbocycles. The molecule has 0 spiro atoms. The number of anilines is 1. The third-order valence-corrected chi connectivity index (χ3v) is 5.79. The van der Waals surface area contributed by atoms with E-state index in [4.69, 9.17) is 15.2 Å². The van der Waals surface area contributed by atoms with Gasteiger partial charge in [0.15, 0.2) is 23.2 Å². The van der Waals surface area contributed by atoms with Crippen LogP contribution in [0, 0.1) is 0 Å². The maximum atomic E-state index is 10.4. The third kappa shape index (κ3) is 4.14. The van der Waals surface area contributed by atoms with Crippen molar-refractivity contribution in [1.82, 2.24) is 19.5 Å². The molecule has 10 heteroatoms. The Hall–Kier alpha value is -2.79. The highest BCUT2D eigenvalue weighted by Crippen LogP contribution is 2.33. The summed E-state index contributed by atoms with van der Waals surface area (Å²) in [5.41, 5.74) is 8.99. The molecular formula is C22H29N5O5. The minimum atomic E-state index is -1.27. The molecule has 32 heavy (non-hydrogen) atoms. The second kappa shape index (κ2) is 9.37. The topological polar surface area (TPSA) is 149 Å². The molecule has 1 aliphatic heterocycles. The molecule has 1 aliphatic rings. The smallest absolute Gasteiger partial charge is 0.321 e. The zero-order valence-corrected chi connectivity index (χ0v) is 18.1. The number of ether oxygens (including phenoxy) is 2. The fourth-order valence-electron chi connectivity index (χ4n) is 4.01. The monoisotopic (exact) mass is 443 g/mol. The van der Waals surface area contributed by atoms with E-state index in [1.165, 1.54) is 16.5 Å². The maximum Gasteiger partial charge on any atom is 0.321 e. The van der Waals surface area contributed by atoms with Gasteiger partial charge in [0.25, 0.3) is 0 Å². The van der Waals surface area contributed by atoms with E-state index in [-0.39, 0.29) is 17.9 Å². The van der Waals surface area contributed by atoms with Gasteiger partial charge in [-0.15, -0.1) is 0 Å². The fraction of sp³-hybridized carbons (Fsp3) is 0.500. The van der Waals surface area contributed by atoms with Gasteiger partial charge < -0.3 is 30.5 Å². The van der Waals surface area contributed by atoms with Crippen molar-refractivity contribution in [3.63, 3.8) is 0 Å². The van der Waals surface area contributed by atoms with Crippen molar-refractivity contribution >= 4 is 17.0 Å². The molecule has 5 N–H and O–H groups in total. The molecule has 0 amide bonds. The number of aryl methyl sites for hydroxylation is 1. The Morgan fingerprint density at radius 2 is 2.00 bits per heavy atom. The Kier molecular flexibility index (Phi) is 6.56. The van der Waals surface area contributed by atoms with Crippen LogP contribution in [0.4, 0.5) is 5.82 Å². The summed E-state index contributed by atoms with van der Waals surface area (Å²) in [4.78, 5) is 12.9. The lowest BCUT2D eigenvalue weighted by atomic mass is 9.99. The number of hydrogen-bond donors (Lipinski definition) is 4. The summed E-state index contributed by atoms with van der Waals surface area (Å²) in [7, 11) is 0. The van der Waals surface area contributed by atoms with Gasteiger partial charge >= 0.3 is 6.01 Å². The Morgan fingerprint density at radius 1 is 1.22 bits per heavy atom. The minimum Gasteiger partial charge on any atom is -0.455 e. The van der Waals surface area contributed by atoms with Crippen LogP contribution in [0.2, 0.25) is 0 Å². The molecular weight excluding hydrogens is 414 g/mol. The number of nitrogens with two attached hydrogens (primary N) is 1. The second-order valence-corrected chi connectivity index (χ2v) is 8.01. The van der Waals surface area contributed by atoms with Gasteiger partial charge in [-0.25, -0.2) is 4.98 Å². The molecule has 0 saturated carbocycles. The van der Waals surface area contributed by atoms with E-state index >= 15 is 0 Å². The second-order valence-electron chi connectivity index (χ2n) is 8.01. The van der Waals surface area contributed by atoms with Gasteiger partial charge in [-0.3, -0.25) is 4.57 Å². The molecule has 1 saturated heterocycles. The average molecular weight is 444 g/mol. The number of fused-ring (bicyclic) bond motifs is 1. The van der Waals surface area contributed by atoms with Crippen LogP contribution in [-0.2, 0) is 11.2 Å². The Bertz CT molecular complexity index is 1070. The molecule has 10 nitrogen and oxygen atoms in total. The molecule has 3 aromatic rings. The number of aromatic nitrogens is 4. The van der Waals surface area contributed by atoms with E-state index in [1.54, 1.807) is 0 Å². The van der Waals surface area contributed by atoms with Crippen molar-refractivity contribution in [3.8, 4) is 6.01 Å². The third-order valence-electron chi connectivity index (χ3n) is 5.79. The number of unbranched alkanes of at least 4 members (excludes halogenated alkanes) is 1. The predicted molar refractivity (Wildman–Crippen MR) is 117 cm³/mol. The van der Waals surface area contributed by atoms with Crippen LogP contribution >= 0.6 is 0 Å². The number of rotatable bonds is 8. The molecule has 5 atom stereocenters. The summed E-state index contributed by atoms with van der Waals surface area (Å²) in [6, 6.07) is 8.18. The number of aliphatic hydroxyl groups excluding tert-OH is 3. The van der Waals surface area contributed by atoms with Gasteiger partial charge in [-0.1, -0.05) is 37.6 Å². The van der Waals surface area contributed by atoms with Crippen molar-refractivity contribution in [2.24, 2.45) is 0 Å². The van der Waals surface area contributed by atoms with Crippen molar-refractivity contribution in [2.45, 2.75) is 63.8 Å². The lowest BCUT2D eigenvalue weighted by Gasteiger charge is -2.19. The van der Waals surface area contributed by atoms with Crippen LogP contribution < -0.4 is 10.5 Å². The lowest BCUT2D eigenvalue weighted by Crippen LogP contribution is -2.33. The highest BCUT2D eigenvalue weighted by molar-refractivity contribution is 5.82. The minimum absolute atomic E-state index is 0.0706. The van der Waals surface area contributed by atoms with E-state index in [2.05, 4.69) is 27.9 Å². The molecule has 0 bridgehead atoms. The van der Waals surface area contributed by atoms with Crippen LogP contribution in [0.25, 0.3) is 11.2 Å². The van der Waals surface area contributed by atoms with E-state index < -0.39 is 31.1 Å². The van der Waals surface area contributed by atoms with E-state index in [0.717, 1.165) is 24.8 Å². The summed E-state index contributed by atoms with van der Waals surface area (Å²) in [5, 5.41) is 29.8. The highest BCUT2D eigenvalue weighted by Gasteiger charge is 2.44. The standard InChI is InChI=1S/C22H29N5O5/c1-3-4-7-13-8-5-6-9-14(13)12(2)31-22-25-19(23)16-20(26-22)27(11-24-16)21-18(30)17(29)15(10-28)32-21/h5-6,8-9,11-12,15,17-18,21,28-30H,3-4,7,10H2,1-2H3,(H2,23,25,26)/t12?,15-,17-,18-,21-/m1/s1. The lowest BCUT2D eigenvalue weighted by molar-refractivity contribution is -0.0511. The largest absolute Gasteiger partial charge is 0.455 e.